The highest BCUT2D eigenvalue weighted by Crippen LogP contribution is 2.32. The lowest BCUT2D eigenvalue weighted by atomic mass is 10.1. The Balaban J connectivity index is 1.63. The third-order valence-corrected chi connectivity index (χ3v) is 3.46. The number of rotatable bonds is 5. The lowest BCUT2D eigenvalue weighted by molar-refractivity contribution is -0.121. The van der Waals surface area contributed by atoms with Crippen LogP contribution in [-0.4, -0.2) is 15.9 Å². The standard InChI is InChI=1S/C16H17N3O/c20-16(10-12-1-2-12)19-11-13-3-8-18-15(9-13)14-4-6-17-7-5-14/h3-9,12H,1-2,10-11H2,(H,19,20). The van der Waals surface area contributed by atoms with Crippen LogP contribution in [0.3, 0.4) is 0 Å². The molecule has 4 nitrogen and oxygen atoms in total. The van der Waals surface area contributed by atoms with Gasteiger partial charge in [-0.15, -0.1) is 0 Å². The summed E-state index contributed by atoms with van der Waals surface area (Å²) in [5.74, 6) is 0.773. The first-order valence-electron chi connectivity index (χ1n) is 6.93. The Morgan fingerprint density at radius 3 is 2.75 bits per heavy atom. The van der Waals surface area contributed by atoms with Crippen LogP contribution in [0.2, 0.25) is 0 Å². The molecule has 0 aromatic carbocycles. The molecule has 1 fully saturated rings. The zero-order valence-electron chi connectivity index (χ0n) is 11.2. The molecule has 0 bridgehead atoms. The number of hydrogen-bond acceptors (Lipinski definition) is 3. The second-order valence-electron chi connectivity index (χ2n) is 5.21. The maximum absolute atomic E-state index is 11.7. The van der Waals surface area contributed by atoms with Gasteiger partial charge < -0.3 is 5.32 Å². The van der Waals surface area contributed by atoms with E-state index in [1.807, 2.05) is 24.3 Å². The second-order valence-corrected chi connectivity index (χ2v) is 5.21. The number of aromatic nitrogens is 2. The molecular weight excluding hydrogens is 250 g/mol. The largest absolute Gasteiger partial charge is 0.352 e. The molecule has 2 heterocycles. The number of hydrogen-bond donors (Lipinski definition) is 1. The summed E-state index contributed by atoms with van der Waals surface area (Å²) in [7, 11) is 0. The lowest BCUT2D eigenvalue weighted by Crippen LogP contribution is -2.22. The number of pyridine rings is 2. The fraction of sp³-hybridized carbons (Fsp3) is 0.312. The zero-order chi connectivity index (χ0) is 13.8. The molecule has 1 aliphatic carbocycles. The van der Waals surface area contributed by atoms with Gasteiger partial charge in [-0.1, -0.05) is 0 Å². The van der Waals surface area contributed by atoms with Crippen LogP contribution < -0.4 is 5.32 Å². The molecule has 0 unspecified atom stereocenters. The van der Waals surface area contributed by atoms with Gasteiger partial charge in [0.1, 0.15) is 0 Å². The van der Waals surface area contributed by atoms with Crippen molar-refractivity contribution in [2.75, 3.05) is 0 Å². The van der Waals surface area contributed by atoms with Crippen molar-refractivity contribution < 1.29 is 4.79 Å². The summed E-state index contributed by atoms with van der Waals surface area (Å²) in [6, 6.07) is 7.80. The summed E-state index contributed by atoms with van der Waals surface area (Å²) in [5, 5.41) is 2.97. The smallest absolute Gasteiger partial charge is 0.220 e. The Morgan fingerprint density at radius 1 is 1.20 bits per heavy atom. The van der Waals surface area contributed by atoms with Crippen LogP contribution in [0.4, 0.5) is 0 Å². The zero-order valence-corrected chi connectivity index (χ0v) is 11.2. The summed E-state index contributed by atoms with van der Waals surface area (Å²) in [6.07, 6.45) is 8.35. The molecule has 1 saturated carbocycles. The molecule has 1 aliphatic rings. The first-order chi connectivity index (χ1) is 9.81. The van der Waals surface area contributed by atoms with Crippen molar-refractivity contribution in [3.05, 3.63) is 48.4 Å². The highest BCUT2D eigenvalue weighted by Gasteiger charge is 2.24. The third kappa shape index (κ3) is 3.41. The average molecular weight is 267 g/mol. The van der Waals surface area contributed by atoms with Crippen molar-refractivity contribution in [3.8, 4) is 11.3 Å². The molecule has 3 rings (SSSR count). The minimum Gasteiger partial charge on any atom is -0.352 e. The van der Waals surface area contributed by atoms with Gasteiger partial charge in [-0.05, 0) is 48.6 Å². The molecular formula is C16H17N3O. The minimum atomic E-state index is 0.148. The quantitative estimate of drug-likeness (QED) is 0.905. The summed E-state index contributed by atoms with van der Waals surface area (Å²) in [5.41, 5.74) is 3.00. The van der Waals surface area contributed by atoms with E-state index in [9.17, 15) is 4.79 Å². The molecule has 2 aromatic rings. The maximum Gasteiger partial charge on any atom is 0.220 e. The third-order valence-electron chi connectivity index (χ3n) is 3.46. The van der Waals surface area contributed by atoms with E-state index in [-0.39, 0.29) is 5.91 Å². The van der Waals surface area contributed by atoms with Crippen molar-refractivity contribution in [1.82, 2.24) is 15.3 Å². The van der Waals surface area contributed by atoms with E-state index < -0.39 is 0 Å². The number of nitrogens with one attached hydrogen (secondary N) is 1. The van der Waals surface area contributed by atoms with E-state index in [0.29, 0.717) is 18.9 Å². The predicted molar refractivity (Wildman–Crippen MR) is 76.7 cm³/mol. The molecule has 0 atom stereocenters. The van der Waals surface area contributed by atoms with Gasteiger partial charge in [0.05, 0.1) is 5.69 Å². The molecule has 1 amide bonds. The van der Waals surface area contributed by atoms with Crippen molar-refractivity contribution in [1.29, 1.82) is 0 Å². The lowest BCUT2D eigenvalue weighted by Gasteiger charge is -2.06. The number of carbonyl (C=O) groups excluding carboxylic acids is 1. The first-order valence-corrected chi connectivity index (χ1v) is 6.93. The van der Waals surface area contributed by atoms with E-state index in [4.69, 9.17) is 0 Å². The van der Waals surface area contributed by atoms with Gasteiger partial charge in [0, 0.05) is 37.1 Å². The van der Waals surface area contributed by atoms with Gasteiger partial charge in [0.15, 0.2) is 0 Å². The van der Waals surface area contributed by atoms with Crippen LogP contribution in [-0.2, 0) is 11.3 Å². The van der Waals surface area contributed by atoms with Crippen molar-refractivity contribution in [2.24, 2.45) is 5.92 Å². The first kappa shape index (κ1) is 12.8. The Hall–Kier alpha value is -2.23. The molecule has 20 heavy (non-hydrogen) atoms. The van der Waals surface area contributed by atoms with Crippen molar-refractivity contribution in [3.63, 3.8) is 0 Å². The number of amides is 1. The number of nitrogens with zero attached hydrogens (tertiary/aromatic N) is 2. The monoisotopic (exact) mass is 267 g/mol. The molecule has 102 valence electrons. The van der Waals surface area contributed by atoms with E-state index >= 15 is 0 Å². The Morgan fingerprint density at radius 2 is 2.00 bits per heavy atom. The molecule has 2 aromatic heterocycles. The fourth-order valence-corrected chi connectivity index (χ4v) is 2.12. The fourth-order valence-electron chi connectivity index (χ4n) is 2.12. The minimum absolute atomic E-state index is 0.148. The van der Waals surface area contributed by atoms with Gasteiger partial charge in [-0.3, -0.25) is 14.8 Å². The average Bonchev–Trinajstić information content (AvgIpc) is 3.30. The second kappa shape index (κ2) is 5.82. The van der Waals surface area contributed by atoms with Crippen LogP contribution in [0.15, 0.2) is 42.9 Å². The summed E-state index contributed by atoms with van der Waals surface area (Å²) < 4.78 is 0. The van der Waals surface area contributed by atoms with Gasteiger partial charge in [0.2, 0.25) is 5.91 Å². The van der Waals surface area contributed by atoms with Crippen LogP contribution in [0.5, 0.6) is 0 Å². The Kier molecular flexibility index (Phi) is 3.72. The van der Waals surface area contributed by atoms with E-state index in [2.05, 4.69) is 15.3 Å². The number of carbonyl (C=O) groups is 1. The maximum atomic E-state index is 11.7. The molecule has 0 spiro atoms. The molecule has 4 heteroatoms. The molecule has 1 N–H and O–H groups in total. The van der Waals surface area contributed by atoms with Crippen LogP contribution in [0, 0.1) is 5.92 Å². The van der Waals surface area contributed by atoms with E-state index in [0.717, 1.165) is 16.8 Å². The van der Waals surface area contributed by atoms with Crippen molar-refractivity contribution in [2.45, 2.75) is 25.8 Å². The predicted octanol–water partition coefficient (Wildman–Crippen LogP) is 2.56. The highest BCUT2D eigenvalue weighted by atomic mass is 16.1. The van der Waals surface area contributed by atoms with Gasteiger partial charge in [0.25, 0.3) is 0 Å². The molecule has 0 radical (unpaired) electrons. The van der Waals surface area contributed by atoms with Crippen LogP contribution in [0.1, 0.15) is 24.8 Å². The van der Waals surface area contributed by atoms with Gasteiger partial charge in [-0.25, -0.2) is 0 Å². The normalized spacial score (nSPS) is 14.0. The SMILES string of the molecule is O=C(CC1CC1)NCc1ccnc(-c2ccncc2)c1. The summed E-state index contributed by atoms with van der Waals surface area (Å²) >= 11 is 0. The topological polar surface area (TPSA) is 54.9 Å². The van der Waals surface area contributed by atoms with Crippen molar-refractivity contribution >= 4 is 5.91 Å². The summed E-state index contributed by atoms with van der Waals surface area (Å²) in [6.45, 7) is 0.562. The highest BCUT2D eigenvalue weighted by molar-refractivity contribution is 5.76. The van der Waals surface area contributed by atoms with E-state index in [1.54, 1.807) is 18.6 Å². The van der Waals surface area contributed by atoms with Crippen LogP contribution in [0.25, 0.3) is 11.3 Å². The summed E-state index contributed by atoms with van der Waals surface area (Å²) in [4.78, 5) is 20.0. The van der Waals surface area contributed by atoms with E-state index in [1.165, 1.54) is 12.8 Å². The van der Waals surface area contributed by atoms with Gasteiger partial charge in [-0.2, -0.15) is 0 Å². The van der Waals surface area contributed by atoms with Gasteiger partial charge >= 0.3 is 0 Å². The molecule has 0 saturated heterocycles. The van der Waals surface area contributed by atoms with Crippen LogP contribution >= 0.6 is 0 Å². The molecule has 0 aliphatic heterocycles. The Labute approximate surface area is 118 Å². The Bertz CT molecular complexity index is 594.